The Bertz CT molecular complexity index is 1810. The lowest BCUT2D eigenvalue weighted by molar-refractivity contribution is -0.168. The summed E-state index contributed by atoms with van der Waals surface area (Å²) in [6, 6.07) is 10.5. The number of alkyl halides is 5. The summed E-state index contributed by atoms with van der Waals surface area (Å²) in [7, 11) is -4.63. The lowest BCUT2D eigenvalue weighted by Gasteiger charge is -2.52. The van der Waals surface area contributed by atoms with Crippen LogP contribution in [0.25, 0.3) is 11.1 Å². The molecule has 1 saturated heterocycles. The summed E-state index contributed by atoms with van der Waals surface area (Å²) in [5.41, 5.74) is -2.10. The molecule has 2 aliphatic heterocycles. The van der Waals surface area contributed by atoms with Crippen LogP contribution in [-0.2, 0) is 25.7 Å². The standard InChI is InChI=1S/C33H35F6N3O5S/c1-31(2,3)47-29(43)32(4,5)40-11-12-41-24(18-40)19-42(48(44,45)26-8-6-7-22(16-26)33(37,38)39)28-15-20(9-10-27(28)41)21-13-23(34)17-25(14-21)46-30(35)36/h6-10,13-17,24,30H,11-12,18-19H2,1-5H3/t24-/m0/s1. The minimum absolute atomic E-state index is 0.0987. The summed E-state index contributed by atoms with van der Waals surface area (Å²) in [5, 5.41) is 0. The summed E-state index contributed by atoms with van der Waals surface area (Å²) in [5.74, 6) is -1.80. The van der Waals surface area contributed by atoms with Crippen molar-refractivity contribution in [3.05, 3.63) is 72.0 Å². The van der Waals surface area contributed by atoms with E-state index in [2.05, 4.69) is 4.74 Å². The molecule has 2 aliphatic rings. The SMILES string of the molecule is CC(C)(C)OC(=O)C(C)(C)N1CCN2c3ccc(-c4cc(F)cc(OC(F)F)c4)cc3N(S(=O)(=O)c3cccc(C(F)(F)F)c3)C[C@@H]2C1. The van der Waals surface area contributed by atoms with Gasteiger partial charge < -0.3 is 14.4 Å². The number of carbonyl (C=O) groups is 1. The summed E-state index contributed by atoms with van der Waals surface area (Å²) in [4.78, 5) is 16.4. The van der Waals surface area contributed by atoms with Crippen molar-refractivity contribution in [1.82, 2.24) is 4.90 Å². The molecule has 0 N–H and O–H groups in total. The molecule has 1 atom stereocenters. The van der Waals surface area contributed by atoms with Crippen molar-refractivity contribution in [1.29, 1.82) is 0 Å². The molecule has 1 fully saturated rings. The first-order chi connectivity index (χ1) is 22.2. The van der Waals surface area contributed by atoms with Gasteiger partial charge in [-0.1, -0.05) is 12.1 Å². The lowest BCUT2D eigenvalue weighted by atomic mass is 9.96. The highest BCUT2D eigenvalue weighted by Gasteiger charge is 2.46. The molecular weight excluding hydrogens is 664 g/mol. The van der Waals surface area contributed by atoms with Crippen LogP contribution >= 0.6 is 0 Å². The fourth-order valence-electron chi connectivity index (χ4n) is 5.89. The van der Waals surface area contributed by atoms with E-state index in [9.17, 15) is 39.6 Å². The van der Waals surface area contributed by atoms with E-state index >= 15 is 0 Å². The Labute approximate surface area is 274 Å². The van der Waals surface area contributed by atoms with E-state index in [4.69, 9.17) is 4.74 Å². The molecule has 0 spiro atoms. The van der Waals surface area contributed by atoms with Crippen LogP contribution in [0.4, 0.5) is 37.7 Å². The van der Waals surface area contributed by atoms with Gasteiger partial charge >= 0.3 is 18.8 Å². The number of hydrogen-bond donors (Lipinski definition) is 0. The van der Waals surface area contributed by atoms with Gasteiger partial charge in [-0.2, -0.15) is 22.0 Å². The zero-order chi connectivity index (χ0) is 35.4. The van der Waals surface area contributed by atoms with Crippen LogP contribution < -0.4 is 13.9 Å². The first kappa shape index (κ1) is 35.3. The van der Waals surface area contributed by atoms with E-state index in [1.807, 2.05) is 9.80 Å². The zero-order valence-electron chi connectivity index (χ0n) is 26.8. The van der Waals surface area contributed by atoms with Crippen molar-refractivity contribution in [3.63, 3.8) is 0 Å². The molecule has 0 radical (unpaired) electrons. The monoisotopic (exact) mass is 699 g/mol. The van der Waals surface area contributed by atoms with Crippen LogP contribution in [0.3, 0.4) is 0 Å². The van der Waals surface area contributed by atoms with Crippen LogP contribution in [-0.4, -0.2) is 69.3 Å². The van der Waals surface area contributed by atoms with Gasteiger partial charge in [-0.25, -0.2) is 12.8 Å². The highest BCUT2D eigenvalue weighted by atomic mass is 32.2. The third-order valence-electron chi connectivity index (χ3n) is 8.28. The van der Waals surface area contributed by atoms with E-state index in [-0.39, 0.29) is 29.9 Å². The fraction of sp³-hybridized carbons (Fsp3) is 0.424. The Morgan fingerprint density at radius 2 is 1.58 bits per heavy atom. The number of benzene rings is 3. The number of nitrogens with zero attached hydrogens (tertiary/aromatic N) is 3. The summed E-state index contributed by atoms with van der Waals surface area (Å²) < 4.78 is 121. The van der Waals surface area contributed by atoms with Crippen LogP contribution in [0.1, 0.15) is 40.2 Å². The predicted octanol–water partition coefficient (Wildman–Crippen LogP) is 6.93. The number of sulfonamides is 1. The topological polar surface area (TPSA) is 79.4 Å². The second kappa shape index (κ2) is 12.5. The Kier molecular flexibility index (Phi) is 9.18. The number of halogens is 6. The number of rotatable bonds is 7. The van der Waals surface area contributed by atoms with Gasteiger partial charge in [0.1, 0.15) is 22.7 Å². The van der Waals surface area contributed by atoms with Gasteiger partial charge in [0.15, 0.2) is 0 Å². The number of esters is 1. The number of carbonyl (C=O) groups excluding carboxylic acids is 1. The maximum Gasteiger partial charge on any atom is 0.416 e. The van der Waals surface area contributed by atoms with Gasteiger partial charge in [0.05, 0.1) is 34.4 Å². The minimum Gasteiger partial charge on any atom is -0.459 e. The van der Waals surface area contributed by atoms with Crippen LogP contribution in [0.15, 0.2) is 65.6 Å². The largest absolute Gasteiger partial charge is 0.459 e. The molecule has 0 bridgehead atoms. The van der Waals surface area contributed by atoms with Gasteiger partial charge in [-0.15, -0.1) is 0 Å². The third-order valence-corrected chi connectivity index (χ3v) is 10.1. The molecule has 0 aliphatic carbocycles. The Hall–Kier alpha value is -3.98. The van der Waals surface area contributed by atoms with Gasteiger partial charge in [-0.05, 0) is 88.2 Å². The van der Waals surface area contributed by atoms with Crippen LogP contribution in [0.2, 0.25) is 0 Å². The van der Waals surface area contributed by atoms with Crippen LogP contribution in [0, 0.1) is 5.82 Å². The molecule has 3 aromatic carbocycles. The molecule has 0 unspecified atom stereocenters. The first-order valence-corrected chi connectivity index (χ1v) is 16.5. The highest BCUT2D eigenvalue weighted by molar-refractivity contribution is 7.92. The van der Waals surface area contributed by atoms with Crippen molar-refractivity contribution in [3.8, 4) is 16.9 Å². The molecule has 0 aromatic heterocycles. The maximum atomic E-state index is 14.5. The van der Waals surface area contributed by atoms with Crippen molar-refractivity contribution >= 4 is 27.4 Å². The second-order valence-electron chi connectivity index (χ2n) is 13.2. The molecule has 5 rings (SSSR count). The first-order valence-electron chi connectivity index (χ1n) is 15.0. The van der Waals surface area contributed by atoms with Crippen molar-refractivity contribution < 1.29 is 49.0 Å². The summed E-state index contributed by atoms with van der Waals surface area (Å²) >= 11 is 0. The Morgan fingerprint density at radius 3 is 2.23 bits per heavy atom. The average molecular weight is 700 g/mol. The van der Waals surface area contributed by atoms with E-state index in [1.165, 1.54) is 12.1 Å². The molecule has 2 heterocycles. The number of ether oxygens (including phenoxy) is 2. The number of anilines is 2. The number of piperazine rings is 1. The van der Waals surface area contributed by atoms with Crippen molar-refractivity contribution in [2.45, 2.75) is 69.5 Å². The molecule has 0 saturated carbocycles. The Balaban J connectivity index is 1.60. The van der Waals surface area contributed by atoms with E-state index in [0.717, 1.165) is 34.6 Å². The number of hydrogen-bond acceptors (Lipinski definition) is 7. The predicted molar refractivity (Wildman–Crippen MR) is 167 cm³/mol. The maximum absolute atomic E-state index is 14.5. The average Bonchev–Trinajstić information content (AvgIpc) is 2.98. The van der Waals surface area contributed by atoms with Crippen molar-refractivity contribution in [2.75, 3.05) is 35.4 Å². The Morgan fingerprint density at radius 1 is 0.875 bits per heavy atom. The zero-order valence-corrected chi connectivity index (χ0v) is 27.6. The smallest absolute Gasteiger partial charge is 0.416 e. The molecular formula is C33H35F6N3O5S. The van der Waals surface area contributed by atoms with E-state index < -0.39 is 68.0 Å². The summed E-state index contributed by atoms with van der Waals surface area (Å²) in [6.07, 6.45) is -4.80. The summed E-state index contributed by atoms with van der Waals surface area (Å²) in [6.45, 7) is 6.19. The minimum atomic E-state index is -4.80. The van der Waals surface area contributed by atoms with Crippen molar-refractivity contribution in [2.24, 2.45) is 0 Å². The second-order valence-corrected chi connectivity index (χ2v) is 15.0. The quantitative estimate of drug-likeness (QED) is 0.196. The third kappa shape index (κ3) is 7.21. The molecule has 48 heavy (non-hydrogen) atoms. The molecule has 0 amide bonds. The van der Waals surface area contributed by atoms with Gasteiger partial charge in [0.2, 0.25) is 0 Å². The van der Waals surface area contributed by atoms with E-state index in [1.54, 1.807) is 46.8 Å². The highest BCUT2D eigenvalue weighted by Crippen LogP contribution is 2.44. The molecule has 8 nitrogen and oxygen atoms in total. The molecule has 3 aromatic rings. The normalized spacial score (nSPS) is 17.6. The molecule has 15 heteroatoms. The lowest BCUT2D eigenvalue weighted by Crippen LogP contribution is -2.66. The van der Waals surface area contributed by atoms with Gasteiger partial charge in [0, 0.05) is 25.7 Å². The fourth-order valence-corrected chi connectivity index (χ4v) is 7.45. The molecule has 260 valence electrons. The van der Waals surface area contributed by atoms with Gasteiger partial charge in [0.25, 0.3) is 10.0 Å². The van der Waals surface area contributed by atoms with E-state index in [0.29, 0.717) is 24.8 Å². The van der Waals surface area contributed by atoms with Gasteiger partial charge in [-0.3, -0.25) is 14.0 Å². The van der Waals surface area contributed by atoms with Crippen LogP contribution in [0.5, 0.6) is 5.75 Å². The number of fused-ring (bicyclic) bond motifs is 3.